The molecule has 0 aliphatic carbocycles. The van der Waals surface area contributed by atoms with E-state index in [4.69, 9.17) is 0 Å². The summed E-state index contributed by atoms with van der Waals surface area (Å²) in [5.74, 6) is 0.0550. The molecule has 5 rings (SSSR count). The molecule has 0 amide bonds. The predicted octanol–water partition coefficient (Wildman–Crippen LogP) is 4.08. The highest BCUT2D eigenvalue weighted by Gasteiger charge is 2.29. The third-order valence-corrected chi connectivity index (χ3v) is 4.79. The number of benzene rings is 3. The maximum Gasteiger partial charge on any atom is 0.300 e. The van der Waals surface area contributed by atoms with E-state index in [1.165, 1.54) is 6.07 Å². The number of nitrogens with zero attached hydrogens (tertiary/aromatic N) is 3. The molecule has 0 saturated heterocycles. The van der Waals surface area contributed by atoms with Crippen LogP contribution in [0.15, 0.2) is 83.7 Å². The number of hydrogen-bond acceptors (Lipinski definition) is 4. The van der Waals surface area contributed by atoms with Crippen molar-refractivity contribution in [1.82, 2.24) is 14.8 Å². The van der Waals surface area contributed by atoms with Crippen LogP contribution in [0.4, 0.5) is 10.1 Å². The smallest absolute Gasteiger partial charge is 0.300 e. The average molecular weight is 370 g/mol. The molecular weight excluding hydrogens is 355 g/mol. The lowest BCUT2D eigenvalue weighted by molar-refractivity contribution is 0.514. The third kappa shape index (κ3) is 2.58. The van der Waals surface area contributed by atoms with E-state index in [1.54, 1.807) is 35.0 Å². The summed E-state index contributed by atoms with van der Waals surface area (Å²) < 4.78 is 16.2. The van der Waals surface area contributed by atoms with Crippen molar-refractivity contribution in [1.29, 1.82) is 0 Å². The van der Waals surface area contributed by atoms with E-state index in [9.17, 15) is 9.18 Å². The van der Waals surface area contributed by atoms with E-state index in [2.05, 4.69) is 15.4 Å². The van der Waals surface area contributed by atoms with Crippen molar-refractivity contribution in [2.75, 3.05) is 5.32 Å². The van der Waals surface area contributed by atoms with E-state index in [-0.39, 0.29) is 11.5 Å². The van der Waals surface area contributed by atoms with Crippen LogP contribution in [-0.2, 0) is 0 Å². The highest BCUT2D eigenvalue weighted by molar-refractivity contribution is 5.76. The van der Waals surface area contributed by atoms with Crippen molar-refractivity contribution < 1.29 is 4.39 Å². The van der Waals surface area contributed by atoms with Gasteiger partial charge in [0.15, 0.2) is 17.7 Å². The molecule has 0 fully saturated rings. The Morgan fingerprint density at radius 3 is 2.43 bits per heavy atom. The molecule has 28 heavy (non-hydrogen) atoms. The fraction of sp³-hybridized carbons (Fsp3) is 0.0455. The second-order valence-electron chi connectivity index (χ2n) is 6.51. The molecule has 0 unspecified atom stereocenters. The van der Waals surface area contributed by atoms with E-state index >= 15 is 0 Å². The first kappa shape index (κ1) is 16.4. The summed E-state index contributed by atoms with van der Waals surface area (Å²) in [5, 5.41) is 7.92. The number of fused-ring (bicyclic) bond motifs is 3. The molecule has 1 aliphatic heterocycles. The normalized spacial score (nSPS) is 14.7. The number of hydrogen-bond donors (Lipinski definition) is 1. The molecular formula is C22H15FN4O. The minimum absolute atomic E-state index is 0.229. The van der Waals surface area contributed by atoms with Gasteiger partial charge in [-0.2, -0.15) is 10.1 Å². The number of para-hydroxylation sites is 1. The molecule has 136 valence electrons. The molecule has 1 N–H and O–H groups in total. The van der Waals surface area contributed by atoms with E-state index in [1.807, 2.05) is 42.5 Å². The van der Waals surface area contributed by atoms with Crippen LogP contribution in [0.2, 0.25) is 0 Å². The van der Waals surface area contributed by atoms with Gasteiger partial charge in [0.05, 0.1) is 0 Å². The van der Waals surface area contributed by atoms with Crippen molar-refractivity contribution in [3.05, 3.63) is 101 Å². The fourth-order valence-electron chi connectivity index (χ4n) is 3.46. The average Bonchev–Trinajstić information content (AvgIpc) is 2.74. The largest absolute Gasteiger partial charge is 0.359 e. The minimum atomic E-state index is -0.623. The van der Waals surface area contributed by atoms with Gasteiger partial charge in [0.1, 0.15) is 5.82 Å². The molecule has 6 heteroatoms. The number of halogens is 1. The number of aromatic nitrogens is 3. The Bertz CT molecular complexity index is 1240. The summed E-state index contributed by atoms with van der Waals surface area (Å²) in [5.41, 5.74) is 2.43. The Hall–Kier alpha value is -3.80. The Kier molecular flexibility index (Phi) is 3.76. The minimum Gasteiger partial charge on any atom is -0.359 e. The first-order valence-electron chi connectivity index (χ1n) is 8.89. The van der Waals surface area contributed by atoms with Crippen LogP contribution in [0.3, 0.4) is 0 Å². The van der Waals surface area contributed by atoms with Crippen LogP contribution >= 0.6 is 0 Å². The van der Waals surface area contributed by atoms with Crippen molar-refractivity contribution in [2.45, 2.75) is 6.17 Å². The Morgan fingerprint density at radius 1 is 0.893 bits per heavy atom. The quantitative estimate of drug-likeness (QED) is 0.578. The van der Waals surface area contributed by atoms with Crippen LogP contribution < -0.4 is 10.9 Å². The summed E-state index contributed by atoms with van der Waals surface area (Å²) in [6.45, 7) is 0. The third-order valence-electron chi connectivity index (χ3n) is 4.79. The van der Waals surface area contributed by atoms with Gasteiger partial charge in [-0.3, -0.25) is 4.79 Å². The highest BCUT2D eigenvalue weighted by Crippen LogP contribution is 2.36. The zero-order chi connectivity index (χ0) is 19.1. The predicted molar refractivity (Wildman–Crippen MR) is 105 cm³/mol. The lowest BCUT2D eigenvalue weighted by Gasteiger charge is -2.30. The lowest BCUT2D eigenvalue weighted by atomic mass is 10.1. The monoisotopic (exact) mass is 370 g/mol. The van der Waals surface area contributed by atoms with E-state index in [0.29, 0.717) is 17.0 Å². The maximum atomic E-state index is 14.6. The fourth-order valence-corrected chi connectivity index (χ4v) is 3.46. The lowest BCUT2D eigenvalue weighted by Crippen LogP contribution is -2.32. The van der Waals surface area contributed by atoms with Crippen LogP contribution in [0, 0.1) is 5.82 Å². The zero-order valence-corrected chi connectivity index (χ0v) is 14.7. The molecule has 1 aliphatic rings. The first-order valence-corrected chi connectivity index (χ1v) is 8.89. The standard InChI is InChI=1S/C22H15FN4O/c23-17-12-6-4-10-15(17)20-24-18-13-7-5-11-16(18)21-25-22(28)19(26-27(20)21)14-8-2-1-3-9-14/h1-13,20,24H/t20-/m1/s1. The van der Waals surface area contributed by atoms with Gasteiger partial charge in [0, 0.05) is 22.4 Å². The molecule has 0 bridgehead atoms. The first-order chi connectivity index (χ1) is 13.7. The van der Waals surface area contributed by atoms with Crippen molar-refractivity contribution in [2.24, 2.45) is 0 Å². The maximum absolute atomic E-state index is 14.6. The SMILES string of the molecule is O=c1nc2n(nc1-c1ccccc1)[C@H](c1ccccc1F)Nc1ccccc1-2. The molecule has 0 radical (unpaired) electrons. The summed E-state index contributed by atoms with van der Waals surface area (Å²) >= 11 is 0. The van der Waals surface area contributed by atoms with Crippen LogP contribution in [0.25, 0.3) is 22.6 Å². The Morgan fingerprint density at radius 2 is 1.61 bits per heavy atom. The molecule has 4 aromatic rings. The van der Waals surface area contributed by atoms with Gasteiger partial charge in [-0.25, -0.2) is 9.07 Å². The van der Waals surface area contributed by atoms with Gasteiger partial charge < -0.3 is 5.32 Å². The van der Waals surface area contributed by atoms with Gasteiger partial charge in [0.25, 0.3) is 5.56 Å². The number of anilines is 1. The van der Waals surface area contributed by atoms with Crippen LogP contribution in [0.5, 0.6) is 0 Å². The van der Waals surface area contributed by atoms with Gasteiger partial charge >= 0.3 is 0 Å². The van der Waals surface area contributed by atoms with Crippen molar-refractivity contribution in [3.63, 3.8) is 0 Å². The van der Waals surface area contributed by atoms with Crippen LogP contribution in [0.1, 0.15) is 11.7 Å². The van der Waals surface area contributed by atoms with Gasteiger partial charge in [-0.1, -0.05) is 60.7 Å². The summed E-state index contributed by atoms with van der Waals surface area (Å²) in [4.78, 5) is 17.0. The molecule has 5 nitrogen and oxygen atoms in total. The molecule has 2 heterocycles. The van der Waals surface area contributed by atoms with Crippen molar-refractivity contribution >= 4 is 5.69 Å². The van der Waals surface area contributed by atoms with Crippen molar-refractivity contribution in [3.8, 4) is 22.6 Å². The second kappa shape index (κ2) is 6.42. The number of rotatable bonds is 2. The Balaban J connectivity index is 1.79. The molecule has 3 aromatic carbocycles. The number of nitrogens with one attached hydrogen (secondary N) is 1. The van der Waals surface area contributed by atoms with E-state index < -0.39 is 11.7 Å². The van der Waals surface area contributed by atoms with Gasteiger partial charge in [-0.15, -0.1) is 0 Å². The molecule has 1 aromatic heterocycles. The topological polar surface area (TPSA) is 59.8 Å². The highest BCUT2D eigenvalue weighted by atomic mass is 19.1. The molecule has 0 spiro atoms. The summed E-state index contributed by atoms with van der Waals surface area (Å²) in [7, 11) is 0. The van der Waals surface area contributed by atoms with Gasteiger partial charge in [0.2, 0.25) is 0 Å². The second-order valence-corrected chi connectivity index (χ2v) is 6.51. The molecule has 1 atom stereocenters. The molecule has 0 saturated carbocycles. The van der Waals surface area contributed by atoms with Crippen LogP contribution in [-0.4, -0.2) is 14.8 Å². The van der Waals surface area contributed by atoms with Gasteiger partial charge in [-0.05, 0) is 18.2 Å². The summed E-state index contributed by atoms with van der Waals surface area (Å²) in [6.07, 6.45) is -0.623. The Labute approximate surface area is 160 Å². The van der Waals surface area contributed by atoms with E-state index in [0.717, 1.165) is 11.3 Å². The summed E-state index contributed by atoms with van der Waals surface area (Å²) in [6, 6.07) is 23.2. The zero-order valence-electron chi connectivity index (χ0n) is 14.7.